The summed E-state index contributed by atoms with van der Waals surface area (Å²) >= 11 is 2.95. The van der Waals surface area contributed by atoms with Crippen LogP contribution in [0.25, 0.3) is 3.58 Å². The Balaban J connectivity index is 2.99. The van der Waals surface area contributed by atoms with E-state index in [2.05, 4.69) is 0 Å². The third-order valence-corrected chi connectivity index (χ3v) is 3.15. The van der Waals surface area contributed by atoms with Crippen molar-refractivity contribution in [3.05, 3.63) is 28.5 Å². The Hall–Kier alpha value is 0.0300. The molecule has 4 heteroatoms. The zero-order valence-corrected chi connectivity index (χ0v) is 7.75. The molecule has 1 aromatic heterocycles. The van der Waals surface area contributed by atoms with E-state index in [1.54, 1.807) is 40.1 Å². The molecule has 0 aliphatic carbocycles. The summed E-state index contributed by atoms with van der Waals surface area (Å²) in [5.41, 5.74) is 0. The molecule has 0 aromatic carbocycles. The van der Waals surface area contributed by atoms with Crippen molar-refractivity contribution >= 4 is 37.5 Å². The molecule has 1 heterocycles. The normalized spacial score (nSPS) is 9.50. The molecular formula is C6H3F2IS. The minimum Gasteiger partial charge on any atom is -0.172 e. The fourth-order valence-corrected chi connectivity index (χ4v) is 1.70. The SMILES string of the molecule is FC(F)=C(I)c1cccs1. The topological polar surface area (TPSA) is 0 Å². The molecule has 0 fully saturated rings. The molecule has 54 valence electrons. The van der Waals surface area contributed by atoms with Crippen LogP contribution in [0.5, 0.6) is 0 Å². The number of rotatable bonds is 1. The molecule has 0 amide bonds. The molecular weight excluding hydrogens is 269 g/mol. The van der Waals surface area contributed by atoms with Gasteiger partial charge in [0.1, 0.15) is 0 Å². The van der Waals surface area contributed by atoms with Crippen LogP contribution in [-0.2, 0) is 0 Å². The highest BCUT2D eigenvalue weighted by Crippen LogP contribution is 2.30. The minimum atomic E-state index is -1.61. The van der Waals surface area contributed by atoms with Gasteiger partial charge in [-0.15, -0.1) is 11.3 Å². The van der Waals surface area contributed by atoms with E-state index in [1.807, 2.05) is 0 Å². The molecule has 0 saturated carbocycles. The van der Waals surface area contributed by atoms with Crippen molar-refractivity contribution < 1.29 is 8.78 Å². The van der Waals surface area contributed by atoms with E-state index in [9.17, 15) is 8.78 Å². The lowest BCUT2D eigenvalue weighted by molar-refractivity contribution is 0.429. The monoisotopic (exact) mass is 272 g/mol. The van der Waals surface area contributed by atoms with E-state index in [1.165, 1.54) is 11.3 Å². The van der Waals surface area contributed by atoms with Gasteiger partial charge in [-0.25, -0.2) is 0 Å². The largest absolute Gasteiger partial charge is 0.284 e. The zero-order valence-electron chi connectivity index (χ0n) is 4.77. The summed E-state index contributed by atoms with van der Waals surface area (Å²) in [6.07, 6.45) is -1.61. The Morgan fingerprint density at radius 1 is 1.50 bits per heavy atom. The molecule has 0 radical (unpaired) electrons. The molecule has 1 aromatic rings. The second kappa shape index (κ2) is 3.43. The van der Waals surface area contributed by atoms with Gasteiger partial charge in [0.2, 0.25) is 0 Å². The fourth-order valence-electron chi connectivity index (χ4n) is 0.497. The van der Waals surface area contributed by atoms with E-state index < -0.39 is 6.08 Å². The molecule has 0 nitrogen and oxygen atoms in total. The lowest BCUT2D eigenvalue weighted by atomic mass is 10.5. The van der Waals surface area contributed by atoms with Crippen LogP contribution in [0.3, 0.4) is 0 Å². The smallest absolute Gasteiger partial charge is 0.172 e. The van der Waals surface area contributed by atoms with Crippen LogP contribution in [-0.4, -0.2) is 0 Å². The lowest BCUT2D eigenvalue weighted by Gasteiger charge is -1.88. The van der Waals surface area contributed by atoms with Crippen LogP contribution in [0, 0.1) is 0 Å². The van der Waals surface area contributed by atoms with Crippen LogP contribution >= 0.6 is 33.9 Å². The van der Waals surface area contributed by atoms with Crippen molar-refractivity contribution in [3.63, 3.8) is 0 Å². The Bertz CT molecular complexity index is 236. The second-order valence-corrected chi connectivity index (χ2v) is 3.58. The lowest BCUT2D eigenvalue weighted by Crippen LogP contribution is -1.66. The molecule has 1 rings (SSSR count). The van der Waals surface area contributed by atoms with Crippen molar-refractivity contribution in [3.8, 4) is 0 Å². The Labute approximate surface area is 74.7 Å². The average molecular weight is 272 g/mol. The summed E-state index contributed by atoms with van der Waals surface area (Å²) < 4.78 is 23.8. The van der Waals surface area contributed by atoms with Gasteiger partial charge in [0, 0.05) is 4.88 Å². The summed E-state index contributed by atoms with van der Waals surface area (Å²) in [4.78, 5) is 0.626. The van der Waals surface area contributed by atoms with Crippen LogP contribution < -0.4 is 0 Å². The van der Waals surface area contributed by atoms with Crippen molar-refractivity contribution in [2.45, 2.75) is 0 Å². The number of hydrogen-bond donors (Lipinski definition) is 0. The number of thiophene rings is 1. The summed E-state index contributed by atoms with van der Waals surface area (Å²) in [6, 6.07) is 3.42. The summed E-state index contributed by atoms with van der Waals surface area (Å²) in [5.74, 6) is 0. The van der Waals surface area contributed by atoms with Gasteiger partial charge in [-0.1, -0.05) is 6.07 Å². The Kier molecular flexibility index (Phi) is 2.79. The summed E-state index contributed by atoms with van der Waals surface area (Å²) in [7, 11) is 0. The first-order valence-corrected chi connectivity index (χ1v) is 4.42. The predicted molar refractivity (Wildman–Crippen MR) is 47.5 cm³/mol. The number of halogens is 3. The Morgan fingerprint density at radius 3 is 2.60 bits per heavy atom. The fraction of sp³-hybridized carbons (Fsp3) is 0. The predicted octanol–water partition coefficient (Wildman–Crippen LogP) is 3.75. The summed E-state index contributed by atoms with van der Waals surface area (Å²) in [5, 5.41) is 1.77. The highest BCUT2D eigenvalue weighted by Gasteiger charge is 2.04. The zero-order chi connectivity index (χ0) is 7.56. The Morgan fingerprint density at radius 2 is 2.20 bits per heavy atom. The molecule has 0 atom stereocenters. The molecule has 0 aliphatic heterocycles. The van der Waals surface area contributed by atoms with E-state index in [0.717, 1.165) is 0 Å². The van der Waals surface area contributed by atoms with Crippen LogP contribution in [0.4, 0.5) is 8.78 Å². The van der Waals surface area contributed by atoms with E-state index in [4.69, 9.17) is 0 Å². The van der Waals surface area contributed by atoms with Gasteiger partial charge >= 0.3 is 0 Å². The maximum absolute atomic E-state index is 11.9. The van der Waals surface area contributed by atoms with Crippen LogP contribution in [0.1, 0.15) is 4.88 Å². The van der Waals surface area contributed by atoms with Gasteiger partial charge in [-0.2, -0.15) is 8.78 Å². The summed E-state index contributed by atoms with van der Waals surface area (Å²) in [6.45, 7) is 0. The molecule has 0 N–H and O–H groups in total. The molecule has 0 aliphatic rings. The average Bonchev–Trinajstić information content (AvgIpc) is 2.36. The van der Waals surface area contributed by atoms with Gasteiger partial charge < -0.3 is 0 Å². The molecule has 0 unspecified atom stereocenters. The van der Waals surface area contributed by atoms with E-state index in [0.29, 0.717) is 4.88 Å². The van der Waals surface area contributed by atoms with E-state index in [-0.39, 0.29) is 3.58 Å². The van der Waals surface area contributed by atoms with Crippen molar-refractivity contribution in [1.82, 2.24) is 0 Å². The van der Waals surface area contributed by atoms with Crippen molar-refractivity contribution in [1.29, 1.82) is 0 Å². The molecule has 10 heavy (non-hydrogen) atoms. The standard InChI is InChI=1S/C6H3F2IS/c7-6(8)5(9)4-2-1-3-10-4/h1-3H. The van der Waals surface area contributed by atoms with Gasteiger partial charge in [-0.05, 0) is 34.0 Å². The first kappa shape index (κ1) is 8.13. The van der Waals surface area contributed by atoms with Gasteiger partial charge in [0.25, 0.3) is 6.08 Å². The first-order chi connectivity index (χ1) is 4.72. The minimum absolute atomic E-state index is 0.0487. The van der Waals surface area contributed by atoms with E-state index >= 15 is 0 Å². The maximum atomic E-state index is 11.9. The van der Waals surface area contributed by atoms with Gasteiger partial charge in [0.15, 0.2) is 0 Å². The molecule has 0 spiro atoms. The maximum Gasteiger partial charge on any atom is 0.284 e. The second-order valence-electron chi connectivity index (χ2n) is 1.55. The van der Waals surface area contributed by atoms with Crippen LogP contribution in [0.2, 0.25) is 0 Å². The molecule has 0 saturated heterocycles. The third kappa shape index (κ3) is 1.76. The molecule has 0 bridgehead atoms. The van der Waals surface area contributed by atoms with Crippen molar-refractivity contribution in [2.75, 3.05) is 0 Å². The van der Waals surface area contributed by atoms with Crippen LogP contribution in [0.15, 0.2) is 23.6 Å². The van der Waals surface area contributed by atoms with Gasteiger partial charge in [-0.3, -0.25) is 0 Å². The van der Waals surface area contributed by atoms with Gasteiger partial charge in [0.05, 0.1) is 3.58 Å². The first-order valence-electron chi connectivity index (χ1n) is 2.46. The highest BCUT2D eigenvalue weighted by atomic mass is 127. The van der Waals surface area contributed by atoms with Crippen molar-refractivity contribution in [2.24, 2.45) is 0 Å². The number of hydrogen-bond acceptors (Lipinski definition) is 1. The third-order valence-electron chi connectivity index (χ3n) is 0.903. The highest BCUT2D eigenvalue weighted by molar-refractivity contribution is 14.1. The quantitative estimate of drug-likeness (QED) is 0.683.